The lowest BCUT2D eigenvalue weighted by Crippen LogP contribution is -2.25. The van der Waals surface area contributed by atoms with Gasteiger partial charge >= 0.3 is 0 Å². The average Bonchev–Trinajstić information content (AvgIpc) is 2.93. The van der Waals surface area contributed by atoms with Gasteiger partial charge in [-0.25, -0.2) is 0 Å². The van der Waals surface area contributed by atoms with Crippen molar-refractivity contribution in [3.63, 3.8) is 0 Å². The number of aromatic nitrogens is 2. The van der Waals surface area contributed by atoms with E-state index < -0.39 is 0 Å². The highest BCUT2D eigenvalue weighted by molar-refractivity contribution is 5.20. The van der Waals surface area contributed by atoms with E-state index in [-0.39, 0.29) is 12.0 Å². The van der Waals surface area contributed by atoms with Crippen molar-refractivity contribution >= 4 is 0 Å². The Hall–Kier alpha value is -1.88. The van der Waals surface area contributed by atoms with Crippen molar-refractivity contribution in [3.05, 3.63) is 42.0 Å². The Morgan fingerprint density at radius 1 is 1.32 bits per heavy atom. The first kappa shape index (κ1) is 13.5. The van der Waals surface area contributed by atoms with Gasteiger partial charge in [-0.2, -0.15) is 4.98 Å². The molecule has 0 radical (unpaired) electrons. The van der Waals surface area contributed by atoms with Gasteiger partial charge in [0.25, 0.3) is 0 Å². The predicted molar refractivity (Wildman–Crippen MR) is 71.8 cm³/mol. The first-order valence-electron chi connectivity index (χ1n) is 6.46. The van der Waals surface area contributed by atoms with Gasteiger partial charge in [0.15, 0.2) is 6.61 Å². The molecule has 2 N–H and O–H groups in total. The number of benzene rings is 1. The smallest absolute Gasteiger partial charge is 0.231 e. The Morgan fingerprint density at radius 3 is 2.74 bits per heavy atom. The summed E-state index contributed by atoms with van der Waals surface area (Å²) in [4.78, 5) is 4.31. The lowest BCUT2D eigenvalue weighted by atomic mass is 10.0. The molecule has 0 amide bonds. The molecule has 1 aromatic heterocycles. The number of hydrogen-bond donors (Lipinski definition) is 1. The molecule has 1 aromatic carbocycles. The molecule has 0 aliphatic carbocycles. The summed E-state index contributed by atoms with van der Waals surface area (Å²) in [5, 5.41) is 3.90. The number of nitrogens with two attached hydrogens (primary N) is 1. The lowest BCUT2D eigenvalue weighted by Gasteiger charge is -2.13. The Kier molecular flexibility index (Phi) is 4.52. The fourth-order valence-corrected chi connectivity index (χ4v) is 1.71. The van der Waals surface area contributed by atoms with Gasteiger partial charge in [0, 0.05) is 6.04 Å². The molecule has 0 spiro atoms. The average molecular weight is 261 g/mol. The zero-order valence-corrected chi connectivity index (χ0v) is 11.2. The zero-order chi connectivity index (χ0) is 13.7. The van der Waals surface area contributed by atoms with E-state index in [0.717, 1.165) is 12.2 Å². The van der Waals surface area contributed by atoms with Crippen molar-refractivity contribution in [2.45, 2.75) is 38.8 Å². The Labute approximate surface area is 112 Å². The van der Waals surface area contributed by atoms with Crippen LogP contribution in [0.1, 0.15) is 37.9 Å². The molecule has 2 aromatic rings. The highest BCUT2D eigenvalue weighted by atomic mass is 16.5. The largest absolute Gasteiger partial charge is 0.485 e. The number of nitrogens with zero attached hydrogens (tertiary/aromatic N) is 2. The van der Waals surface area contributed by atoms with Crippen molar-refractivity contribution in [2.24, 2.45) is 5.73 Å². The molecule has 2 atom stereocenters. The maximum absolute atomic E-state index is 5.96. The summed E-state index contributed by atoms with van der Waals surface area (Å²) in [5.74, 6) is 1.95. The summed E-state index contributed by atoms with van der Waals surface area (Å²) in [7, 11) is 0. The quantitative estimate of drug-likeness (QED) is 0.864. The number of hydrogen-bond acceptors (Lipinski definition) is 5. The molecule has 2 unspecified atom stereocenters. The van der Waals surface area contributed by atoms with Crippen LogP contribution in [-0.2, 0) is 6.61 Å². The minimum Gasteiger partial charge on any atom is -0.485 e. The van der Waals surface area contributed by atoms with Crippen molar-refractivity contribution in [1.82, 2.24) is 10.1 Å². The minimum absolute atomic E-state index is 0.0309. The minimum atomic E-state index is 0.0309. The van der Waals surface area contributed by atoms with Gasteiger partial charge in [-0.05, 0) is 18.6 Å². The normalized spacial score (nSPS) is 14.1. The molecular weight excluding hydrogens is 242 g/mol. The topological polar surface area (TPSA) is 74.2 Å². The number of rotatable bonds is 6. The van der Waals surface area contributed by atoms with E-state index in [2.05, 4.69) is 10.1 Å². The van der Waals surface area contributed by atoms with Crippen LogP contribution in [0.4, 0.5) is 0 Å². The van der Waals surface area contributed by atoms with Gasteiger partial charge in [0.05, 0.1) is 5.92 Å². The molecule has 0 bridgehead atoms. The molecule has 0 aliphatic heterocycles. The van der Waals surface area contributed by atoms with Crippen LogP contribution < -0.4 is 10.5 Å². The molecule has 0 saturated carbocycles. The summed E-state index contributed by atoms with van der Waals surface area (Å²) in [5.41, 5.74) is 5.96. The molecule has 5 heteroatoms. The fourth-order valence-electron chi connectivity index (χ4n) is 1.71. The summed E-state index contributed by atoms with van der Waals surface area (Å²) in [6, 6.07) is 9.57. The van der Waals surface area contributed by atoms with Crippen LogP contribution in [0.5, 0.6) is 5.75 Å². The third kappa shape index (κ3) is 3.54. The molecule has 102 valence electrons. The molecule has 0 saturated heterocycles. The van der Waals surface area contributed by atoms with Gasteiger partial charge < -0.3 is 15.0 Å². The molecule has 5 nitrogen and oxygen atoms in total. The Bertz CT molecular complexity index is 498. The van der Waals surface area contributed by atoms with Gasteiger partial charge in [0.2, 0.25) is 11.7 Å². The van der Waals surface area contributed by atoms with Crippen LogP contribution in [0.15, 0.2) is 34.9 Å². The molecule has 0 fully saturated rings. The monoisotopic (exact) mass is 261 g/mol. The summed E-state index contributed by atoms with van der Waals surface area (Å²) in [6.45, 7) is 4.32. The van der Waals surface area contributed by atoms with E-state index >= 15 is 0 Å². The van der Waals surface area contributed by atoms with E-state index in [1.807, 2.05) is 44.2 Å². The summed E-state index contributed by atoms with van der Waals surface area (Å²) >= 11 is 0. The molecule has 1 heterocycles. The van der Waals surface area contributed by atoms with Crippen LogP contribution in [0.3, 0.4) is 0 Å². The molecular formula is C14H19N3O2. The third-order valence-corrected chi connectivity index (χ3v) is 3.10. The van der Waals surface area contributed by atoms with Crippen molar-refractivity contribution < 1.29 is 9.26 Å². The molecule has 2 rings (SSSR count). The maximum atomic E-state index is 5.96. The predicted octanol–water partition coefficient (Wildman–Crippen LogP) is 2.49. The van der Waals surface area contributed by atoms with E-state index in [1.54, 1.807) is 0 Å². The summed E-state index contributed by atoms with van der Waals surface area (Å²) in [6.07, 6.45) is 0.874. The number of para-hydroxylation sites is 1. The second kappa shape index (κ2) is 6.33. The fraction of sp³-hybridized carbons (Fsp3) is 0.429. The van der Waals surface area contributed by atoms with E-state index in [1.165, 1.54) is 0 Å². The van der Waals surface area contributed by atoms with Crippen LogP contribution in [0.2, 0.25) is 0 Å². The van der Waals surface area contributed by atoms with Gasteiger partial charge in [-0.15, -0.1) is 0 Å². The van der Waals surface area contributed by atoms with Gasteiger partial charge in [0.1, 0.15) is 5.75 Å². The van der Waals surface area contributed by atoms with Gasteiger partial charge in [-0.1, -0.05) is 37.2 Å². The molecule has 0 aliphatic rings. The zero-order valence-electron chi connectivity index (χ0n) is 11.2. The lowest BCUT2D eigenvalue weighted by molar-refractivity contribution is 0.283. The highest BCUT2D eigenvalue weighted by Gasteiger charge is 2.19. The summed E-state index contributed by atoms with van der Waals surface area (Å²) < 4.78 is 10.8. The second-order valence-electron chi connectivity index (χ2n) is 4.51. The van der Waals surface area contributed by atoms with Crippen LogP contribution in [0.25, 0.3) is 0 Å². The first-order valence-corrected chi connectivity index (χ1v) is 6.46. The van der Waals surface area contributed by atoms with E-state index in [0.29, 0.717) is 18.3 Å². The first-order chi connectivity index (χ1) is 9.20. The van der Waals surface area contributed by atoms with Crippen LogP contribution >= 0.6 is 0 Å². The second-order valence-corrected chi connectivity index (χ2v) is 4.51. The van der Waals surface area contributed by atoms with Crippen molar-refractivity contribution in [2.75, 3.05) is 0 Å². The van der Waals surface area contributed by atoms with E-state index in [9.17, 15) is 0 Å². The number of ether oxygens (including phenoxy) is 1. The Balaban J connectivity index is 1.94. The van der Waals surface area contributed by atoms with Crippen LogP contribution in [-0.4, -0.2) is 16.2 Å². The van der Waals surface area contributed by atoms with Crippen molar-refractivity contribution in [1.29, 1.82) is 0 Å². The Morgan fingerprint density at radius 2 is 2.05 bits per heavy atom. The standard InChI is InChI=1S/C14H19N3O2/c1-3-12(15)10(2)14-16-13(17-19-14)9-18-11-7-5-4-6-8-11/h4-8,10,12H,3,9,15H2,1-2H3. The SMILES string of the molecule is CCC(N)C(C)c1nc(COc2ccccc2)no1. The highest BCUT2D eigenvalue weighted by Crippen LogP contribution is 2.18. The van der Waals surface area contributed by atoms with E-state index in [4.69, 9.17) is 15.0 Å². The maximum Gasteiger partial charge on any atom is 0.231 e. The van der Waals surface area contributed by atoms with Crippen LogP contribution in [0, 0.1) is 0 Å². The van der Waals surface area contributed by atoms with Crippen molar-refractivity contribution in [3.8, 4) is 5.75 Å². The third-order valence-electron chi connectivity index (χ3n) is 3.10. The van der Waals surface area contributed by atoms with Gasteiger partial charge in [-0.3, -0.25) is 0 Å². The molecule has 19 heavy (non-hydrogen) atoms.